The van der Waals surface area contributed by atoms with Crippen molar-refractivity contribution in [2.45, 2.75) is 39.3 Å². The predicted octanol–water partition coefficient (Wildman–Crippen LogP) is 2.16. The van der Waals surface area contributed by atoms with Crippen LogP contribution in [0, 0.1) is 5.92 Å². The maximum atomic E-state index is 9.87. The highest BCUT2D eigenvalue weighted by molar-refractivity contribution is 9.10. The lowest BCUT2D eigenvalue weighted by molar-refractivity contribution is 0.116. The van der Waals surface area contributed by atoms with Crippen LogP contribution in [0.1, 0.15) is 26.0 Å². The summed E-state index contributed by atoms with van der Waals surface area (Å²) in [6.07, 6.45) is 3.23. The van der Waals surface area contributed by atoms with Crippen molar-refractivity contribution in [3.05, 3.63) is 16.4 Å². The molecule has 0 aliphatic carbocycles. The number of likely N-dealkylation sites (N-methyl/N-ethyl adjacent to an activating group) is 1. The smallest absolute Gasteiger partial charge is 0.0635 e. The van der Waals surface area contributed by atoms with E-state index in [2.05, 4.69) is 40.0 Å². The monoisotopic (exact) mass is 317 g/mol. The van der Waals surface area contributed by atoms with Crippen LogP contribution in [0.5, 0.6) is 0 Å². The van der Waals surface area contributed by atoms with Gasteiger partial charge in [-0.3, -0.25) is 4.68 Å². The first-order valence-corrected chi connectivity index (χ1v) is 7.24. The Balaban J connectivity index is 2.60. The molecule has 0 amide bonds. The highest BCUT2D eigenvalue weighted by Crippen LogP contribution is 2.19. The number of rotatable bonds is 7. The van der Waals surface area contributed by atoms with E-state index in [0.717, 1.165) is 30.4 Å². The number of aliphatic hydroxyl groups is 1. The first kappa shape index (κ1) is 15.7. The summed E-state index contributed by atoms with van der Waals surface area (Å²) in [5, 5.41) is 14.2. The van der Waals surface area contributed by atoms with Crippen molar-refractivity contribution in [3.8, 4) is 0 Å². The third-order valence-electron chi connectivity index (χ3n) is 3.10. The predicted molar refractivity (Wildman–Crippen MR) is 77.6 cm³/mol. The number of hydrogen-bond donors (Lipinski definition) is 1. The first-order valence-electron chi connectivity index (χ1n) is 6.44. The van der Waals surface area contributed by atoms with Gasteiger partial charge in [0.25, 0.3) is 0 Å². The Labute approximate surface area is 118 Å². The molecule has 0 aliphatic heterocycles. The van der Waals surface area contributed by atoms with Gasteiger partial charge in [0.2, 0.25) is 0 Å². The lowest BCUT2D eigenvalue weighted by Crippen LogP contribution is -2.21. The summed E-state index contributed by atoms with van der Waals surface area (Å²) in [6.45, 7) is 5.94. The van der Waals surface area contributed by atoms with Crippen LogP contribution in [0.2, 0.25) is 0 Å². The minimum atomic E-state index is -0.242. The van der Waals surface area contributed by atoms with Gasteiger partial charge >= 0.3 is 0 Å². The topological polar surface area (TPSA) is 41.3 Å². The van der Waals surface area contributed by atoms with Crippen LogP contribution in [0.25, 0.3) is 0 Å². The molecule has 1 unspecified atom stereocenters. The van der Waals surface area contributed by atoms with Gasteiger partial charge in [0, 0.05) is 6.54 Å². The molecule has 1 heterocycles. The highest BCUT2D eigenvalue weighted by Gasteiger charge is 2.13. The van der Waals surface area contributed by atoms with E-state index in [0.29, 0.717) is 5.92 Å². The molecule has 0 aliphatic rings. The fourth-order valence-electron chi connectivity index (χ4n) is 1.74. The van der Waals surface area contributed by atoms with Crippen LogP contribution in [-0.4, -0.2) is 46.5 Å². The van der Waals surface area contributed by atoms with Gasteiger partial charge in [-0.25, -0.2) is 0 Å². The molecule has 5 heteroatoms. The maximum absolute atomic E-state index is 9.87. The summed E-state index contributed by atoms with van der Waals surface area (Å²) >= 11 is 3.53. The van der Waals surface area contributed by atoms with Gasteiger partial charge in [0.1, 0.15) is 0 Å². The quantitative estimate of drug-likeness (QED) is 0.838. The number of halogens is 1. The maximum Gasteiger partial charge on any atom is 0.0635 e. The molecule has 0 aromatic carbocycles. The average Bonchev–Trinajstić information content (AvgIpc) is 2.64. The van der Waals surface area contributed by atoms with E-state index in [1.54, 1.807) is 0 Å². The standard InChI is InChI=1S/C13H24BrN3O/c1-10(2)13(18)6-5-12-11(14)9-15-17(12)8-7-16(3)4/h9-10,13,18H,5-8H2,1-4H3. The zero-order valence-electron chi connectivity index (χ0n) is 11.7. The van der Waals surface area contributed by atoms with E-state index in [-0.39, 0.29) is 6.10 Å². The summed E-state index contributed by atoms with van der Waals surface area (Å²) in [5.41, 5.74) is 1.18. The van der Waals surface area contributed by atoms with Crippen LogP contribution in [-0.2, 0) is 13.0 Å². The van der Waals surface area contributed by atoms with Crippen LogP contribution >= 0.6 is 15.9 Å². The van der Waals surface area contributed by atoms with E-state index in [9.17, 15) is 5.11 Å². The van der Waals surface area contributed by atoms with Crippen molar-refractivity contribution in [1.29, 1.82) is 0 Å². The summed E-state index contributed by atoms with van der Waals surface area (Å²) in [6, 6.07) is 0. The van der Waals surface area contributed by atoms with Crippen molar-refractivity contribution < 1.29 is 5.11 Å². The van der Waals surface area contributed by atoms with Crippen LogP contribution in [0.15, 0.2) is 10.7 Å². The molecule has 1 aromatic heterocycles. The molecule has 0 bridgehead atoms. The van der Waals surface area contributed by atoms with Crippen molar-refractivity contribution in [2.75, 3.05) is 20.6 Å². The van der Waals surface area contributed by atoms with Crippen LogP contribution < -0.4 is 0 Å². The Morgan fingerprint density at radius 2 is 2.11 bits per heavy atom. The first-order chi connectivity index (χ1) is 8.41. The SMILES string of the molecule is CC(C)C(O)CCc1c(Br)cnn1CCN(C)C. The Morgan fingerprint density at radius 3 is 2.67 bits per heavy atom. The lowest BCUT2D eigenvalue weighted by Gasteiger charge is -2.16. The molecule has 0 spiro atoms. The Hall–Kier alpha value is -0.390. The molecule has 0 saturated carbocycles. The van der Waals surface area contributed by atoms with Gasteiger partial charge in [-0.05, 0) is 48.8 Å². The van der Waals surface area contributed by atoms with Gasteiger partial charge < -0.3 is 10.0 Å². The molecule has 18 heavy (non-hydrogen) atoms. The third-order valence-corrected chi connectivity index (χ3v) is 3.77. The normalized spacial score (nSPS) is 13.6. The van der Waals surface area contributed by atoms with Gasteiger partial charge in [-0.15, -0.1) is 0 Å². The zero-order chi connectivity index (χ0) is 13.7. The van der Waals surface area contributed by atoms with Crippen molar-refractivity contribution >= 4 is 15.9 Å². The summed E-state index contributed by atoms with van der Waals surface area (Å²) in [5.74, 6) is 0.307. The number of hydrogen-bond acceptors (Lipinski definition) is 3. The second kappa shape index (κ2) is 7.26. The second-order valence-corrected chi connectivity index (χ2v) is 6.17. The molecule has 0 saturated heterocycles. The van der Waals surface area contributed by atoms with Crippen molar-refractivity contribution in [3.63, 3.8) is 0 Å². The molecule has 1 aromatic rings. The van der Waals surface area contributed by atoms with E-state index in [1.807, 2.05) is 24.7 Å². The summed E-state index contributed by atoms with van der Waals surface area (Å²) < 4.78 is 3.06. The van der Waals surface area contributed by atoms with E-state index < -0.39 is 0 Å². The summed E-state index contributed by atoms with van der Waals surface area (Å²) in [4.78, 5) is 2.14. The van der Waals surface area contributed by atoms with E-state index in [4.69, 9.17) is 0 Å². The Bertz CT molecular complexity index is 363. The molecule has 0 fully saturated rings. The lowest BCUT2D eigenvalue weighted by atomic mass is 10.0. The van der Waals surface area contributed by atoms with E-state index >= 15 is 0 Å². The molecule has 1 atom stereocenters. The molecule has 0 radical (unpaired) electrons. The Kier molecular flexibility index (Phi) is 6.32. The van der Waals surface area contributed by atoms with Gasteiger partial charge in [0.15, 0.2) is 0 Å². The summed E-state index contributed by atoms with van der Waals surface area (Å²) in [7, 11) is 4.11. The second-order valence-electron chi connectivity index (χ2n) is 5.32. The Morgan fingerprint density at radius 1 is 1.44 bits per heavy atom. The third kappa shape index (κ3) is 4.71. The van der Waals surface area contributed by atoms with Crippen LogP contribution in [0.4, 0.5) is 0 Å². The zero-order valence-corrected chi connectivity index (χ0v) is 13.3. The minimum absolute atomic E-state index is 0.242. The van der Waals surface area contributed by atoms with Gasteiger partial charge in [0.05, 0.1) is 29.0 Å². The van der Waals surface area contributed by atoms with Crippen molar-refractivity contribution in [1.82, 2.24) is 14.7 Å². The fraction of sp³-hybridized carbons (Fsp3) is 0.769. The average molecular weight is 318 g/mol. The van der Waals surface area contributed by atoms with E-state index in [1.165, 1.54) is 5.69 Å². The molecular formula is C13H24BrN3O. The molecular weight excluding hydrogens is 294 g/mol. The number of aliphatic hydroxyl groups excluding tert-OH is 1. The number of nitrogens with zero attached hydrogens (tertiary/aromatic N) is 3. The molecule has 104 valence electrons. The van der Waals surface area contributed by atoms with Crippen molar-refractivity contribution in [2.24, 2.45) is 5.92 Å². The highest BCUT2D eigenvalue weighted by atomic mass is 79.9. The molecule has 4 nitrogen and oxygen atoms in total. The van der Waals surface area contributed by atoms with Gasteiger partial charge in [-0.2, -0.15) is 5.10 Å². The van der Waals surface area contributed by atoms with Gasteiger partial charge in [-0.1, -0.05) is 13.8 Å². The molecule has 1 rings (SSSR count). The number of aromatic nitrogens is 2. The fourth-order valence-corrected chi connectivity index (χ4v) is 2.24. The largest absolute Gasteiger partial charge is 0.393 e. The minimum Gasteiger partial charge on any atom is -0.393 e. The molecule has 1 N–H and O–H groups in total. The van der Waals surface area contributed by atoms with Crippen LogP contribution in [0.3, 0.4) is 0 Å².